The average molecular weight is 493 g/mol. The number of halogens is 3. The second-order valence-electron chi connectivity index (χ2n) is 10.5. The molecule has 0 radical (unpaired) electrons. The van der Waals surface area contributed by atoms with Crippen LogP contribution in [0.4, 0.5) is 18.0 Å². The van der Waals surface area contributed by atoms with Crippen molar-refractivity contribution in [2.75, 3.05) is 6.61 Å². The van der Waals surface area contributed by atoms with Crippen molar-refractivity contribution in [1.82, 2.24) is 9.88 Å². The summed E-state index contributed by atoms with van der Waals surface area (Å²) in [7, 11) is 0. The van der Waals surface area contributed by atoms with Gasteiger partial charge in [-0.2, -0.15) is 18.4 Å². The number of ether oxygens (including phenoxy) is 2. The molecule has 0 unspecified atom stereocenters. The molecule has 2 aliphatic rings. The first-order chi connectivity index (χ1) is 16.0. The quantitative estimate of drug-likeness (QED) is 0.567. The first-order valence-electron chi connectivity index (χ1n) is 10.9. The largest absolute Gasteiger partial charge is 0.494 e. The molecule has 3 atom stereocenters. The molecule has 35 heavy (non-hydrogen) atoms. The summed E-state index contributed by atoms with van der Waals surface area (Å²) in [5.74, 6) is -0.994. The van der Waals surface area contributed by atoms with Crippen LogP contribution in [0.2, 0.25) is 0 Å². The van der Waals surface area contributed by atoms with Crippen LogP contribution in [0.5, 0.6) is 11.8 Å². The Labute approximate surface area is 199 Å². The fourth-order valence-corrected chi connectivity index (χ4v) is 4.96. The third-order valence-corrected chi connectivity index (χ3v) is 6.46. The predicted molar refractivity (Wildman–Crippen MR) is 117 cm³/mol. The summed E-state index contributed by atoms with van der Waals surface area (Å²) in [4.78, 5) is 12.4. The zero-order valence-corrected chi connectivity index (χ0v) is 19.9. The molecule has 2 bridgehead atoms. The minimum absolute atomic E-state index is 0.169. The molecule has 2 aliphatic heterocycles. The molecule has 2 aromatic rings. The number of fused-ring (bicyclic) bond motifs is 5. The summed E-state index contributed by atoms with van der Waals surface area (Å²) in [5, 5.41) is 33.9. The van der Waals surface area contributed by atoms with Gasteiger partial charge in [-0.3, -0.25) is 4.57 Å². The molecule has 1 amide bonds. The van der Waals surface area contributed by atoms with E-state index >= 15 is 0 Å². The molecule has 3 heterocycles. The highest BCUT2D eigenvalue weighted by molar-refractivity contribution is 5.69. The van der Waals surface area contributed by atoms with E-state index in [0.29, 0.717) is 6.07 Å². The summed E-state index contributed by atoms with van der Waals surface area (Å²) in [6.07, 6.45) is -5.25. The van der Waals surface area contributed by atoms with Gasteiger partial charge in [0.25, 0.3) is 0 Å². The van der Waals surface area contributed by atoms with Gasteiger partial charge in [-0.05, 0) is 37.5 Å². The maximum atomic E-state index is 13.5. The molecule has 3 N–H and O–H groups in total. The number of rotatable bonds is 3. The second-order valence-corrected chi connectivity index (χ2v) is 10.5. The number of alkyl carbamates (subject to hydrolysis) is 1. The summed E-state index contributed by atoms with van der Waals surface area (Å²) in [5.41, 5.74) is -4.21. The lowest BCUT2D eigenvalue weighted by Gasteiger charge is -2.30. The number of amides is 1. The first-order valence-corrected chi connectivity index (χ1v) is 10.9. The van der Waals surface area contributed by atoms with Gasteiger partial charge in [0.1, 0.15) is 5.60 Å². The van der Waals surface area contributed by atoms with E-state index in [9.17, 15) is 28.2 Å². The van der Waals surface area contributed by atoms with Crippen LogP contribution in [0.3, 0.4) is 0 Å². The standard InChI is InChI=1S/C24H26F3N3O5/c1-21(2,3)11-34-20(33)29-15-9-22(4)16-17(23(15,5)35-22)19(32)30(18(16)31)13-7-6-12(10-28)14(8-13)24(25,26)27/h6-8,15,31-32H,9,11H2,1-5H3,(H,29,33)/t15-,22-,23+/m1/s1. The third-order valence-electron chi connectivity index (χ3n) is 6.46. The number of benzene rings is 1. The van der Waals surface area contributed by atoms with Crippen molar-refractivity contribution in [1.29, 1.82) is 5.26 Å². The second kappa shape index (κ2) is 7.55. The number of carbonyl (C=O) groups excluding carboxylic acids is 1. The molecule has 0 saturated carbocycles. The monoisotopic (exact) mass is 493 g/mol. The highest BCUT2D eigenvalue weighted by Crippen LogP contribution is 2.64. The molecule has 0 spiro atoms. The molecule has 1 saturated heterocycles. The van der Waals surface area contributed by atoms with Gasteiger partial charge in [-0.25, -0.2) is 4.79 Å². The van der Waals surface area contributed by atoms with Gasteiger partial charge in [-0.1, -0.05) is 20.8 Å². The molecular weight excluding hydrogens is 467 g/mol. The van der Waals surface area contributed by atoms with E-state index < -0.39 is 52.4 Å². The van der Waals surface area contributed by atoms with Crippen LogP contribution in [0.15, 0.2) is 18.2 Å². The van der Waals surface area contributed by atoms with Gasteiger partial charge in [0, 0.05) is 6.42 Å². The number of aromatic hydroxyl groups is 2. The molecule has 8 nitrogen and oxygen atoms in total. The van der Waals surface area contributed by atoms with Crippen LogP contribution >= 0.6 is 0 Å². The average Bonchev–Trinajstić information content (AvgIpc) is 3.25. The SMILES string of the molecule is CC(C)(C)COC(=O)N[C@@H]1C[C@@]2(C)O[C@]1(C)c1c2c(O)n(-c2ccc(C#N)c(C(F)(F)F)c2)c1O. The van der Waals surface area contributed by atoms with E-state index in [1.54, 1.807) is 13.8 Å². The number of hydrogen-bond acceptors (Lipinski definition) is 6. The zero-order chi connectivity index (χ0) is 26.1. The first kappa shape index (κ1) is 24.7. The predicted octanol–water partition coefficient (Wildman–Crippen LogP) is 4.78. The molecule has 1 aromatic carbocycles. The Morgan fingerprint density at radius 1 is 1.26 bits per heavy atom. The van der Waals surface area contributed by atoms with E-state index in [1.807, 2.05) is 20.8 Å². The topological polar surface area (TPSA) is 117 Å². The van der Waals surface area contributed by atoms with E-state index in [-0.39, 0.29) is 35.3 Å². The van der Waals surface area contributed by atoms with E-state index in [0.717, 1.165) is 10.6 Å². The van der Waals surface area contributed by atoms with Gasteiger partial charge < -0.3 is 25.0 Å². The fraction of sp³-hybridized carbons (Fsp3) is 0.500. The Balaban J connectivity index is 1.75. The van der Waals surface area contributed by atoms with Crippen LogP contribution < -0.4 is 5.32 Å². The zero-order valence-electron chi connectivity index (χ0n) is 19.9. The van der Waals surface area contributed by atoms with Gasteiger partial charge in [0.05, 0.1) is 52.3 Å². The molecule has 1 aromatic heterocycles. The van der Waals surface area contributed by atoms with Crippen molar-refractivity contribution in [2.24, 2.45) is 5.41 Å². The molecular formula is C24H26F3N3O5. The summed E-state index contributed by atoms with van der Waals surface area (Å²) in [6.45, 7) is 9.20. The molecule has 1 fully saturated rings. The highest BCUT2D eigenvalue weighted by Gasteiger charge is 2.65. The number of nitriles is 1. The number of nitrogens with zero attached hydrogens (tertiary/aromatic N) is 2. The Kier molecular flexibility index (Phi) is 5.34. The third kappa shape index (κ3) is 3.86. The number of nitrogens with one attached hydrogen (secondary N) is 1. The lowest BCUT2D eigenvalue weighted by molar-refractivity contribution is -0.137. The Hall–Kier alpha value is -3.39. The summed E-state index contributed by atoms with van der Waals surface area (Å²) in [6, 6.07) is 3.74. The highest BCUT2D eigenvalue weighted by atomic mass is 19.4. The molecule has 188 valence electrons. The number of aromatic nitrogens is 1. The van der Waals surface area contributed by atoms with Crippen molar-refractivity contribution >= 4 is 6.09 Å². The van der Waals surface area contributed by atoms with Crippen LogP contribution in [0, 0.1) is 16.7 Å². The van der Waals surface area contributed by atoms with Crippen LogP contribution in [0.25, 0.3) is 5.69 Å². The lowest BCUT2D eigenvalue weighted by atomic mass is 9.76. The van der Waals surface area contributed by atoms with E-state index in [2.05, 4.69) is 5.32 Å². The Bertz CT molecular complexity index is 1260. The van der Waals surface area contributed by atoms with Gasteiger partial charge in [0.15, 0.2) is 0 Å². The van der Waals surface area contributed by atoms with Gasteiger partial charge in [0.2, 0.25) is 11.8 Å². The summed E-state index contributed by atoms with van der Waals surface area (Å²) >= 11 is 0. The van der Waals surface area contributed by atoms with Crippen LogP contribution in [0.1, 0.15) is 63.3 Å². The molecule has 0 aliphatic carbocycles. The van der Waals surface area contributed by atoms with Crippen molar-refractivity contribution in [2.45, 2.75) is 64.5 Å². The van der Waals surface area contributed by atoms with E-state index in [1.165, 1.54) is 12.1 Å². The normalized spacial score (nSPS) is 25.3. The van der Waals surface area contributed by atoms with Crippen molar-refractivity contribution < 1.29 is 37.7 Å². The maximum Gasteiger partial charge on any atom is 0.417 e. The number of carbonyl (C=O) groups is 1. The number of alkyl halides is 3. The minimum Gasteiger partial charge on any atom is -0.494 e. The van der Waals surface area contributed by atoms with Crippen LogP contribution in [-0.4, -0.2) is 33.5 Å². The van der Waals surface area contributed by atoms with Gasteiger partial charge in [-0.15, -0.1) is 0 Å². The van der Waals surface area contributed by atoms with E-state index in [4.69, 9.17) is 14.7 Å². The molecule has 4 rings (SSSR count). The lowest BCUT2D eigenvalue weighted by Crippen LogP contribution is -2.47. The number of hydrogen-bond donors (Lipinski definition) is 3. The summed E-state index contributed by atoms with van der Waals surface area (Å²) < 4.78 is 52.8. The minimum atomic E-state index is -4.81. The van der Waals surface area contributed by atoms with Crippen molar-refractivity contribution in [3.05, 3.63) is 40.5 Å². The Morgan fingerprint density at radius 3 is 2.46 bits per heavy atom. The smallest absolute Gasteiger partial charge is 0.417 e. The van der Waals surface area contributed by atoms with Crippen LogP contribution in [-0.2, 0) is 26.9 Å². The molecule has 11 heteroatoms. The fourth-order valence-electron chi connectivity index (χ4n) is 4.96. The van der Waals surface area contributed by atoms with Crippen molar-refractivity contribution in [3.63, 3.8) is 0 Å². The maximum absolute atomic E-state index is 13.5. The Morgan fingerprint density at radius 2 is 1.89 bits per heavy atom. The van der Waals surface area contributed by atoms with Crippen molar-refractivity contribution in [3.8, 4) is 23.5 Å². The van der Waals surface area contributed by atoms with Gasteiger partial charge >= 0.3 is 12.3 Å².